The van der Waals surface area contributed by atoms with Crippen LogP contribution in [-0.4, -0.2) is 21.1 Å². The minimum absolute atomic E-state index is 0.148. The number of hydrogen-bond donors (Lipinski definition) is 2. The topological polar surface area (TPSA) is 79.7 Å². The molecule has 5 nitrogen and oxygen atoms in total. The molecule has 0 aliphatic heterocycles. The van der Waals surface area contributed by atoms with Gasteiger partial charge in [-0.1, -0.05) is 0 Å². The number of aromatic nitrogens is 1. The molecule has 0 amide bonds. The second-order valence-electron chi connectivity index (χ2n) is 2.50. The summed E-state index contributed by atoms with van der Waals surface area (Å²) in [4.78, 5) is 21.0. The molecule has 0 aliphatic rings. The molecule has 0 atom stereocenters. The second-order valence-corrected chi connectivity index (χ2v) is 5.15. The zero-order valence-electron chi connectivity index (χ0n) is 7.01. The third-order valence-corrected chi connectivity index (χ3v) is 2.52. The van der Waals surface area contributed by atoms with Crippen LogP contribution in [0.3, 0.4) is 0 Å². The Bertz CT molecular complexity index is 320. The zero-order chi connectivity index (χ0) is 9.90. The molecular formula is C6H10NO4PS. The molecular weight excluding hydrogens is 213 g/mol. The van der Waals surface area contributed by atoms with Crippen LogP contribution in [0, 0.1) is 6.92 Å². The van der Waals surface area contributed by atoms with Crippen molar-refractivity contribution in [3.05, 3.63) is 16.1 Å². The summed E-state index contributed by atoms with van der Waals surface area (Å²) in [6, 6.07) is 0. The molecule has 1 aromatic heterocycles. The molecule has 7 heteroatoms. The minimum atomic E-state index is -4.04. The van der Waals surface area contributed by atoms with Gasteiger partial charge in [0, 0.05) is 5.38 Å². The van der Waals surface area contributed by atoms with E-state index in [4.69, 9.17) is 14.5 Å². The maximum Gasteiger partial charge on any atom is 0.350 e. The third-order valence-electron chi connectivity index (χ3n) is 1.18. The van der Waals surface area contributed by atoms with Gasteiger partial charge in [0.1, 0.15) is 6.35 Å². The van der Waals surface area contributed by atoms with Gasteiger partial charge in [-0.3, -0.25) is 4.57 Å². The highest BCUT2D eigenvalue weighted by atomic mass is 32.1. The number of rotatable bonds is 4. The molecule has 0 unspecified atom stereocenters. The van der Waals surface area contributed by atoms with E-state index in [1.807, 2.05) is 6.92 Å². The number of hydrogen-bond acceptors (Lipinski definition) is 4. The van der Waals surface area contributed by atoms with E-state index in [0.29, 0.717) is 5.69 Å². The highest BCUT2D eigenvalue weighted by molar-refractivity contribution is 7.51. The molecule has 0 aromatic carbocycles. The first-order valence-corrected chi connectivity index (χ1v) is 6.18. The van der Waals surface area contributed by atoms with Crippen molar-refractivity contribution in [1.82, 2.24) is 4.98 Å². The van der Waals surface area contributed by atoms with Crippen LogP contribution in [0.5, 0.6) is 0 Å². The molecule has 0 spiro atoms. The lowest BCUT2D eigenvalue weighted by Crippen LogP contribution is -1.96. The van der Waals surface area contributed by atoms with Crippen LogP contribution in [0.15, 0.2) is 5.38 Å². The lowest BCUT2D eigenvalue weighted by molar-refractivity contribution is 0.142. The van der Waals surface area contributed by atoms with Crippen LogP contribution in [0.25, 0.3) is 0 Å². The number of nitrogens with zero attached hydrogens (tertiary/aromatic N) is 1. The van der Waals surface area contributed by atoms with E-state index >= 15 is 0 Å². The zero-order valence-corrected chi connectivity index (χ0v) is 8.72. The van der Waals surface area contributed by atoms with Crippen LogP contribution in [0.1, 0.15) is 10.7 Å². The van der Waals surface area contributed by atoms with Crippen LogP contribution in [0.4, 0.5) is 0 Å². The lowest BCUT2D eigenvalue weighted by Gasteiger charge is -2.03. The predicted octanol–water partition coefficient (Wildman–Crippen LogP) is 1.10. The maximum atomic E-state index is 10.4. The Balaban J connectivity index is 2.32. The van der Waals surface area contributed by atoms with E-state index in [-0.39, 0.29) is 6.61 Å². The summed E-state index contributed by atoms with van der Waals surface area (Å²) in [6.07, 6.45) is -0.552. The molecule has 0 bridgehead atoms. The molecule has 0 aliphatic carbocycles. The Morgan fingerprint density at radius 2 is 2.38 bits per heavy atom. The van der Waals surface area contributed by atoms with Crippen molar-refractivity contribution in [2.24, 2.45) is 0 Å². The molecule has 2 N–H and O–H groups in total. The fourth-order valence-corrected chi connectivity index (χ4v) is 1.67. The van der Waals surface area contributed by atoms with Gasteiger partial charge in [0.2, 0.25) is 0 Å². The van der Waals surface area contributed by atoms with Crippen LogP contribution >= 0.6 is 18.9 Å². The third kappa shape index (κ3) is 4.50. The fraction of sp³-hybridized carbons (Fsp3) is 0.500. The van der Waals surface area contributed by atoms with Crippen molar-refractivity contribution in [2.45, 2.75) is 13.5 Å². The van der Waals surface area contributed by atoms with E-state index in [1.165, 1.54) is 11.3 Å². The average molecular weight is 223 g/mol. The van der Waals surface area contributed by atoms with E-state index in [1.54, 1.807) is 5.38 Å². The van der Waals surface area contributed by atoms with Crippen molar-refractivity contribution < 1.29 is 19.1 Å². The molecule has 13 heavy (non-hydrogen) atoms. The Hall–Kier alpha value is -0.260. The van der Waals surface area contributed by atoms with Gasteiger partial charge >= 0.3 is 7.60 Å². The minimum Gasteiger partial charge on any atom is -0.362 e. The molecule has 0 saturated heterocycles. The van der Waals surface area contributed by atoms with E-state index in [2.05, 4.69) is 4.98 Å². The maximum absolute atomic E-state index is 10.4. The summed E-state index contributed by atoms with van der Waals surface area (Å²) in [5.41, 5.74) is 0.705. The SMILES string of the molecule is Cc1nc(COCP(=O)(O)O)cs1. The van der Waals surface area contributed by atoms with Gasteiger partial charge in [-0.2, -0.15) is 0 Å². The van der Waals surface area contributed by atoms with Gasteiger partial charge in [0.25, 0.3) is 0 Å². The van der Waals surface area contributed by atoms with Crippen LogP contribution in [0.2, 0.25) is 0 Å². The molecule has 74 valence electrons. The van der Waals surface area contributed by atoms with Crippen molar-refractivity contribution >= 4 is 18.9 Å². The summed E-state index contributed by atoms with van der Waals surface area (Å²) in [7, 11) is -4.04. The predicted molar refractivity (Wildman–Crippen MR) is 48.6 cm³/mol. The first-order chi connectivity index (χ1) is 5.97. The second kappa shape index (κ2) is 4.30. The van der Waals surface area contributed by atoms with Gasteiger partial charge in [0.05, 0.1) is 17.3 Å². The van der Waals surface area contributed by atoms with Crippen molar-refractivity contribution in [2.75, 3.05) is 6.35 Å². The molecule has 1 aromatic rings. The summed E-state index contributed by atoms with van der Waals surface area (Å²) in [5.74, 6) is 0. The molecule has 1 heterocycles. The van der Waals surface area contributed by atoms with E-state index in [0.717, 1.165) is 5.01 Å². The normalized spacial score (nSPS) is 11.9. The average Bonchev–Trinajstić information content (AvgIpc) is 2.33. The highest BCUT2D eigenvalue weighted by Crippen LogP contribution is 2.34. The van der Waals surface area contributed by atoms with Crippen LogP contribution in [-0.2, 0) is 15.9 Å². The number of aryl methyl sites for hydroxylation is 1. The highest BCUT2D eigenvalue weighted by Gasteiger charge is 2.12. The van der Waals surface area contributed by atoms with Crippen LogP contribution < -0.4 is 0 Å². The van der Waals surface area contributed by atoms with E-state index in [9.17, 15) is 4.57 Å². The fourth-order valence-electron chi connectivity index (χ4n) is 0.744. The molecule has 0 radical (unpaired) electrons. The first-order valence-electron chi connectivity index (χ1n) is 3.51. The largest absolute Gasteiger partial charge is 0.362 e. The lowest BCUT2D eigenvalue weighted by atomic mass is 10.5. The smallest absolute Gasteiger partial charge is 0.350 e. The Morgan fingerprint density at radius 1 is 1.69 bits per heavy atom. The molecule has 1 rings (SSSR count). The first kappa shape index (κ1) is 10.8. The summed E-state index contributed by atoms with van der Waals surface area (Å²) in [5, 5.41) is 2.71. The molecule has 0 fully saturated rings. The Morgan fingerprint density at radius 3 is 2.85 bits per heavy atom. The van der Waals surface area contributed by atoms with Gasteiger partial charge in [-0.15, -0.1) is 11.3 Å². The monoisotopic (exact) mass is 223 g/mol. The standard InChI is InChI=1S/C6H10NO4PS/c1-5-7-6(3-13-5)2-11-4-12(8,9)10/h3H,2,4H2,1H3,(H2,8,9,10). The quantitative estimate of drug-likeness (QED) is 0.747. The van der Waals surface area contributed by atoms with E-state index < -0.39 is 13.9 Å². The van der Waals surface area contributed by atoms with Gasteiger partial charge in [0.15, 0.2) is 0 Å². The Labute approximate surface area is 79.6 Å². The summed E-state index contributed by atoms with van der Waals surface area (Å²) >= 11 is 1.48. The Kier molecular flexibility index (Phi) is 3.58. The summed E-state index contributed by atoms with van der Waals surface area (Å²) < 4.78 is 15.2. The van der Waals surface area contributed by atoms with Gasteiger partial charge in [-0.05, 0) is 6.92 Å². The van der Waals surface area contributed by atoms with Crippen molar-refractivity contribution in [3.8, 4) is 0 Å². The molecule has 0 saturated carbocycles. The van der Waals surface area contributed by atoms with Gasteiger partial charge in [-0.25, -0.2) is 4.98 Å². The van der Waals surface area contributed by atoms with Crippen molar-refractivity contribution in [3.63, 3.8) is 0 Å². The number of ether oxygens (including phenoxy) is 1. The van der Waals surface area contributed by atoms with Crippen molar-refractivity contribution in [1.29, 1.82) is 0 Å². The summed E-state index contributed by atoms with van der Waals surface area (Å²) in [6.45, 7) is 2.01. The van der Waals surface area contributed by atoms with Gasteiger partial charge < -0.3 is 14.5 Å². The number of thiazole rings is 1.